The van der Waals surface area contributed by atoms with Crippen LogP contribution in [0.15, 0.2) is 42.5 Å². The van der Waals surface area contributed by atoms with Crippen molar-refractivity contribution < 1.29 is 13.2 Å². The van der Waals surface area contributed by atoms with Gasteiger partial charge in [0.15, 0.2) is 0 Å². The standard InChI is InChI=1S/C19H23N3O3S/c1-3-26(24,25)22-17-9-8-16(10-13(17)2)21-19(23)18-11-14-6-4-5-7-15(14)12-20-18/h4-10,18,20,22H,3,11-12H2,1-2H3,(H,21,23). The Morgan fingerprint density at radius 3 is 2.62 bits per heavy atom. The molecule has 1 unspecified atom stereocenters. The molecule has 3 rings (SSSR count). The predicted molar refractivity (Wildman–Crippen MR) is 104 cm³/mol. The zero-order valence-electron chi connectivity index (χ0n) is 14.9. The lowest BCUT2D eigenvalue weighted by atomic mass is 9.95. The minimum absolute atomic E-state index is 0.0136. The van der Waals surface area contributed by atoms with Gasteiger partial charge < -0.3 is 10.6 Å². The van der Waals surface area contributed by atoms with Crippen LogP contribution < -0.4 is 15.4 Å². The maximum Gasteiger partial charge on any atom is 0.241 e. The summed E-state index contributed by atoms with van der Waals surface area (Å²) in [6, 6.07) is 12.9. The molecule has 138 valence electrons. The van der Waals surface area contributed by atoms with Gasteiger partial charge in [-0.15, -0.1) is 0 Å². The summed E-state index contributed by atoms with van der Waals surface area (Å²) in [5.74, 6) is -0.0828. The number of anilines is 2. The molecule has 0 fully saturated rings. The SMILES string of the molecule is CCS(=O)(=O)Nc1ccc(NC(=O)C2Cc3ccccc3CN2)cc1C. The van der Waals surface area contributed by atoms with Crippen LogP contribution in [0.2, 0.25) is 0 Å². The average Bonchev–Trinajstić information content (AvgIpc) is 2.63. The second kappa shape index (κ2) is 7.47. The van der Waals surface area contributed by atoms with Crippen molar-refractivity contribution >= 4 is 27.3 Å². The van der Waals surface area contributed by atoms with E-state index in [1.165, 1.54) is 11.1 Å². The smallest absolute Gasteiger partial charge is 0.241 e. The molecule has 2 aromatic carbocycles. The Labute approximate surface area is 154 Å². The molecule has 6 nitrogen and oxygen atoms in total. The van der Waals surface area contributed by atoms with Crippen LogP contribution in [-0.2, 0) is 27.8 Å². The van der Waals surface area contributed by atoms with Crippen LogP contribution in [0.25, 0.3) is 0 Å². The number of hydrogen-bond donors (Lipinski definition) is 3. The van der Waals surface area contributed by atoms with Crippen LogP contribution in [0.3, 0.4) is 0 Å². The molecule has 0 spiro atoms. The highest BCUT2D eigenvalue weighted by atomic mass is 32.2. The summed E-state index contributed by atoms with van der Waals surface area (Å²) in [5.41, 5.74) is 4.33. The maximum atomic E-state index is 12.6. The van der Waals surface area contributed by atoms with Crippen molar-refractivity contribution in [3.63, 3.8) is 0 Å². The molecular weight excluding hydrogens is 350 g/mol. The number of sulfonamides is 1. The van der Waals surface area contributed by atoms with Gasteiger partial charge in [-0.05, 0) is 55.2 Å². The zero-order chi connectivity index (χ0) is 18.7. The molecule has 1 heterocycles. The number of carbonyl (C=O) groups is 1. The molecule has 0 radical (unpaired) electrons. The Bertz CT molecular complexity index is 925. The van der Waals surface area contributed by atoms with Gasteiger partial charge in [-0.25, -0.2) is 8.42 Å². The number of hydrogen-bond acceptors (Lipinski definition) is 4. The number of benzene rings is 2. The topological polar surface area (TPSA) is 87.3 Å². The Morgan fingerprint density at radius 2 is 1.92 bits per heavy atom. The highest BCUT2D eigenvalue weighted by Crippen LogP contribution is 2.22. The van der Waals surface area contributed by atoms with Crippen molar-refractivity contribution in [3.8, 4) is 0 Å². The first-order chi connectivity index (χ1) is 12.4. The van der Waals surface area contributed by atoms with E-state index in [0.29, 0.717) is 24.3 Å². The summed E-state index contributed by atoms with van der Waals surface area (Å²) in [7, 11) is -3.32. The van der Waals surface area contributed by atoms with Gasteiger partial charge in [0, 0.05) is 12.2 Å². The molecular formula is C19H23N3O3S. The molecule has 0 aromatic heterocycles. The van der Waals surface area contributed by atoms with Crippen LogP contribution in [0.1, 0.15) is 23.6 Å². The van der Waals surface area contributed by atoms with Crippen molar-refractivity contribution in [2.75, 3.05) is 15.8 Å². The second-order valence-corrected chi connectivity index (χ2v) is 8.44. The van der Waals surface area contributed by atoms with E-state index in [4.69, 9.17) is 0 Å². The minimum Gasteiger partial charge on any atom is -0.325 e. The zero-order valence-corrected chi connectivity index (χ0v) is 15.7. The number of aryl methyl sites for hydroxylation is 1. The van der Waals surface area contributed by atoms with Gasteiger partial charge in [-0.3, -0.25) is 9.52 Å². The molecule has 1 aliphatic rings. The van der Waals surface area contributed by atoms with Crippen LogP contribution in [0.4, 0.5) is 11.4 Å². The van der Waals surface area contributed by atoms with Crippen molar-refractivity contribution in [3.05, 3.63) is 59.2 Å². The Kier molecular flexibility index (Phi) is 5.29. The number of amides is 1. The Balaban J connectivity index is 1.68. The fourth-order valence-corrected chi connectivity index (χ4v) is 3.67. The van der Waals surface area contributed by atoms with Gasteiger partial charge >= 0.3 is 0 Å². The first kappa shape index (κ1) is 18.4. The summed E-state index contributed by atoms with van der Waals surface area (Å²) in [6.07, 6.45) is 0.648. The highest BCUT2D eigenvalue weighted by Gasteiger charge is 2.24. The third kappa shape index (κ3) is 4.23. The minimum atomic E-state index is -3.32. The number of fused-ring (bicyclic) bond motifs is 1. The largest absolute Gasteiger partial charge is 0.325 e. The van der Waals surface area contributed by atoms with Gasteiger partial charge in [0.25, 0.3) is 0 Å². The summed E-state index contributed by atoms with van der Waals surface area (Å²) in [6.45, 7) is 4.06. The van der Waals surface area contributed by atoms with E-state index in [2.05, 4.69) is 27.5 Å². The van der Waals surface area contributed by atoms with E-state index in [0.717, 1.165) is 5.56 Å². The van der Waals surface area contributed by atoms with Crippen molar-refractivity contribution in [1.29, 1.82) is 0 Å². The second-order valence-electron chi connectivity index (χ2n) is 6.43. The fraction of sp³-hybridized carbons (Fsp3) is 0.316. The Hall–Kier alpha value is -2.38. The van der Waals surface area contributed by atoms with Crippen molar-refractivity contribution in [2.24, 2.45) is 0 Å². The van der Waals surface area contributed by atoms with Gasteiger partial charge in [0.05, 0.1) is 17.5 Å². The molecule has 1 amide bonds. The van der Waals surface area contributed by atoms with Gasteiger partial charge in [-0.2, -0.15) is 0 Å². The molecule has 1 aliphatic heterocycles. The molecule has 26 heavy (non-hydrogen) atoms. The van der Waals surface area contributed by atoms with E-state index in [-0.39, 0.29) is 17.7 Å². The summed E-state index contributed by atoms with van der Waals surface area (Å²) in [5, 5.41) is 6.16. The molecule has 1 atom stereocenters. The molecule has 3 N–H and O–H groups in total. The summed E-state index contributed by atoms with van der Waals surface area (Å²) in [4.78, 5) is 12.6. The molecule has 0 saturated carbocycles. The molecule has 0 saturated heterocycles. The maximum absolute atomic E-state index is 12.6. The predicted octanol–water partition coefficient (Wildman–Crippen LogP) is 2.41. The monoisotopic (exact) mass is 373 g/mol. The molecule has 7 heteroatoms. The summed E-state index contributed by atoms with van der Waals surface area (Å²) < 4.78 is 25.9. The van der Waals surface area contributed by atoms with E-state index < -0.39 is 10.0 Å². The molecule has 2 aromatic rings. The Morgan fingerprint density at radius 1 is 1.19 bits per heavy atom. The first-order valence-electron chi connectivity index (χ1n) is 8.60. The third-order valence-electron chi connectivity index (χ3n) is 4.54. The fourth-order valence-electron chi connectivity index (χ4n) is 2.96. The van der Waals surface area contributed by atoms with Crippen LogP contribution in [0, 0.1) is 6.92 Å². The van der Waals surface area contributed by atoms with E-state index >= 15 is 0 Å². The van der Waals surface area contributed by atoms with Crippen LogP contribution in [0.5, 0.6) is 0 Å². The van der Waals surface area contributed by atoms with Gasteiger partial charge in [0.1, 0.15) is 0 Å². The lowest BCUT2D eigenvalue weighted by molar-refractivity contribution is -0.118. The normalized spacial score (nSPS) is 16.6. The highest BCUT2D eigenvalue weighted by molar-refractivity contribution is 7.92. The van der Waals surface area contributed by atoms with Gasteiger partial charge in [-0.1, -0.05) is 24.3 Å². The summed E-state index contributed by atoms with van der Waals surface area (Å²) >= 11 is 0. The van der Waals surface area contributed by atoms with E-state index in [9.17, 15) is 13.2 Å². The van der Waals surface area contributed by atoms with E-state index in [1.807, 2.05) is 12.1 Å². The van der Waals surface area contributed by atoms with Crippen LogP contribution in [-0.4, -0.2) is 26.1 Å². The van der Waals surface area contributed by atoms with E-state index in [1.54, 1.807) is 32.0 Å². The lowest BCUT2D eigenvalue weighted by Gasteiger charge is -2.25. The number of nitrogens with one attached hydrogen (secondary N) is 3. The third-order valence-corrected chi connectivity index (χ3v) is 5.83. The quantitative estimate of drug-likeness (QED) is 0.751. The first-order valence-corrected chi connectivity index (χ1v) is 10.3. The van der Waals surface area contributed by atoms with Crippen molar-refractivity contribution in [2.45, 2.75) is 32.9 Å². The molecule has 0 bridgehead atoms. The van der Waals surface area contributed by atoms with Gasteiger partial charge in [0.2, 0.25) is 15.9 Å². The lowest BCUT2D eigenvalue weighted by Crippen LogP contribution is -2.44. The average molecular weight is 373 g/mol. The molecule has 0 aliphatic carbocycles. The number of carbonyl (C=O) groups excluding carboxylic acids is 1. The number of rotatable bonds is 5. The van der Waals surface area contributed by atoms with Crippen LogP contribution >= 0.6 is 0 Å². The van der Waals surface area contributed by atoms with Crippen molar-refractivity contribution in [1.82, 2.24) is 5.32 Å².